The van der Waals surface area contributed by atoms with Crippen molar-refractivity contribution in [3.63, 3.8) is 0 Å². The Morgan fingerprint density at radius 2 is 1.73 bits per heavy atom. The highest BCUT2D eigenvalue weighted by atomic mass is 16.5. The molecule has 2 aromatic carbocycles. The molecule has 0 amide bonds. The van der Waals surface area contributed by atoms with Crippen molar-refractivity contribution in [2.75, 3.05) is 6.61 Å². The lowest BCUT2D eigenvalue weighted by atomic mass is 10.1. The number of hydrogen-bond acceptors (Lipinski definition) is 3. The van der Waals surface area contributed by atoms with E-state index in [1.807, 2.05) is 67.1 Å². The second-order valence-corrected chi connectivity index (χ2v) is 6.34. The van der Waals surface area contributed by atoms with E-state index in [4.69, 9.17) is 4.74 Å². The van der Waals surface area contributed by atoms with Crippen LogP contribution in [0.5, 0.6) is 0 Å². The Morgan fingerprint density at radius 1 is 1.04 bits per heavy atom. The van der Waals surface area contributed by atoms with Crippen LogP contribution < -0.4 is 0 Å². The summed E-state index contributed by atoms with van der Waals surface area (Å²) in [6, 6.07) is 15.2. The minimum Gasteiger partial charge on any atom is -0.454 e. The van der Waals surface area contributed by atoms with Crippen LogP contribution in [0.1, 0.15) is 26.4 Å². The summed E-state index contributed by atoms with van der Waals surface area (Å²) < 4.78 is 7.20. The van der Waals surface area contributed by atoms with Gasteiger partial charge in [-0.2, -0.15) is 0 Å². The minimum atomic E-state index is -0.493. The third-order valence-corrected chi connectivity index (χ3v) is 4.62. The van der Waals surface area contributed by atoms with Crippen LogP contribution in [0.4, 0.5) is 0 Å². The average molecular weight is 346 g/mol. The molecule has 5 nitrogen and oxygen atoms in total. The lowest BCUT2D eigenvalue weighted by Crippen LogP contribution is -2.14. The first-order chi connectivity index (χ1) is 12.6. The zero-order chi connectivity index (χ0) is 18.3. The number of fused-ring (bicyclic) bond motifs is 2. The van der Waals surface area contributed by atoms with Crippen molar-refractivity contribution in [3.8, 4) is 0 Å². The van der Waals surface area contributed by atoms with Gasteiger partial charge in [-0.25, -0.2) is 4.79 Å². The monoisotopic (exact) mass is 346 g/mol. The van der Waals surface area contributed by atoms with E-state index in [9.17, 15) is 9.59 Å². The smallest absolute Gasteiger partial charge is 0.340 e. The molecule has 0 aliphatic carbocycles. The number of esters is 1. The van der Waals surface area contributed by atoms with Crippen molar-refractivity contribution in [2.45, 2.75) is 6.92 Å². The molecule has 0 saturated heterocycles. The molecule has 0 atom stereocenters. The topological polar surface area (TPSA) is 64.1 Å². The number of aryl methyl sites for hydroxylation is 2. The fourth-order valence-electron chi connectivity index (χ4n) is 3.42. The lowest BCUT2D eigenvalue weighted by Gasteiger charge is -2.04. The van der Waals surface area contributed by atoms with E-state index >= 15 is 0 Å². The van der Waals surface area contributed by atoms with Crippen LogP contribution >= 0.6 is 0 Å². The number of benzene rings is 2. The van der Waals surface area contributed by atoms with Crippen LogP contribution in [-0.2, 0) is 11.8 Å². The zero-order valence-electron chi connectivity index (χ0n) is 14.6. The number of carbonyl (C=O) groups excluding carboxylic acids is 2. The molecule has 0 aliphatic rings. The molecule has 0 fully saturated rings. The van der Waals surface area contributed by atoms with Crippen LogP contribution in [0.15, 0.2) is 54.7 Å². The van der Waals surface area contributed by atoms with Crippen molar-refractivity contribution in [1.29, 1.82) is 0 Å². The first-order valence-electron chi connectivity index (χ1n) is 8.38. The van der Waals surface area contributed by atoms with Gasteiger partial charge in [0.05, 0.1) is 5.56 Å². The molecule has 4 aromatic rings. The number of carbonyl (C=O) groups is 2. The van der Waals surface area contributed by atoms with E-state index in [0.29, 0.717) is 11.1 Å². The van der Waals surface area contributed by atoms with Gasteiger partial charge in [-0.3, -0.25) is 4.79 Å². The largest absolute Gasteiger partial charge is 0.454 e. The molecule has 4 rings (SSSR count). The molecule has 0 bridgehead atoms. The van der Waals surface area contributed by atoms with Crippen molar-refractivity contribution in [1.82, 2.24) is 9.55 Å². The number of hydrogen-bond donors (Lipinski definition) is 1. The fraction of sp³-hybridized carbons (Fsp3) is 0.143. The molecule has 0 saturated carbocycles. The summed E-state index contributed by atoms with van der Waals surface area (Å²) in [6.45, 7) is 1.56. The second-order valence-electron chi connectivity index (χ2n) is 6.34. The Hall–Kier alpha value is -3.34. The quantitative estimate of drug-likeness (QED) is 0.448. The summed E-state index contributed by atoms with van der Waals surface area (Å²) >= 11 is 0. The maximum absolute atomic E-state index is 12.6. The third-order valence-electron chi connectivity index (χ3n) is 4.62. The van der Waals surface area contributed by atoms with Gasteiger partial charge in [-0.15, -0.1) is 0 Å². The van der Waals surface area contributed by atoms with Crippen molar-refractivity contribution in [3.05, 3.63) is 71.5 Å². The molecule has 2 aromatic heterocycles. The van der Waals surface area contributed by atoms with Crippen molar-refractivity contribution >= 4 is 33.6 Å². The highest BCUT2D eigenvalue weighted by molar-refractivity contribution is 6.11. The molecule has 1 N–H and O–H groups in total. The van der Waals surface area contributed by atoms with Gasteiger partial charge >= 0.3 is 5.97 Å². The standard InChI is InChI=1S/C21H18N2O3/c1-13-20(15-8-3-5-9-17(15)22-13)19(24)12-26-21(25)16-11-23(2)18-10-6-4-7-14(16)18/h3-11,22H,12H2,1-2H3. The Morgan fingerprint density at radius 3 is 2.54 bits per heavy atom. The van der Waals surface area contributed by atoms with E-state index in [0.717, 1.165) is 27.5 Å². The van der Waals surface area contributed by atoms with E-state index in [-0.39, 0.29) is 12.4 Å². The maximum atomic E-state index is 12.6. The maximum Gasteiger partial charge on any atom is 0.340 e. The SMILES string of the molecule is Cc1[nH]c2ccccc2c1C(=O)COC(=O)c1cn(C)c2ccccc12. The first-order valence-corrected chi connectivity index (χ1v) is 8.38. The third kappa shape index (κ3) is 2.58. The second kappa shape index (κ2) is 6.19. The van der Waals surface area contributed by atoms with Crippen LogP contribution in [0.2, 0.25) is 0 Å². The number of rotatable bonds is 4. The van der Waals surface area contributed by atoms with Crippen molar-refractivity contribution in [2.24, 2.45) is 7.05 Å². The summed E-state index contributed by atoms with van der Waals surface area (Å²) in [5, 5.41) is 1.66. The van der Waals surface area contributed by atoms with Crippen molar-refractivity contribution < 1.29 is 14.3 Å². The van der Waals surface area contributed by atoms with Gasteiger partial charge in [0.1, 0.15) is 0 Å². The number of aromatic nitrogens is 2. The highest BCUT2D eigenvalue weighted by Crippen LogP contribution is 2.23. The van der Waals surface area contributed by atoms with Gasteiger partial charge in [0.2, 0.25) is 5.78 Å². The summed E-state index contributed by atoms with van der Waals surface area (Å²) in [5.41, 5.74) is 3.65. The Balaban J connectivity index is 1.57. The first kappa shape index (κ1) is 16.1. The molecule has 0 unspecified atom stereocenters. The van der Waals surface area contributed by atoms with Gasteiger partial charge in [-0.1, -0.05) is 36.4 Å². The molecule has 0 aliphatic heterocycles. The van der Waals surface area contributed by atoms with Gasteiger partial charge in [-0.05, 0) is 19.1 Å². The van der Waals surface area contributed by atoms with E-state index in [1.165, 1.54) is 0 Å². The number of nitrogens with one attached hydrogen (secondary N) is 1. The van der Waals surface area contributed by atoms with Gasteiger partial charge < -0.3 is 14.3 Å². The van der Waals surface area contributed by atoms with Crippen LogP contribution in [0.25, 0.3) is 21.8 Å². The Bertz CT molecular complexity index is 1150. The van der Waals surface area contributed by atoms with E-state index in [2.05, 4.69) is 4.98 Å². The average Bonchev–Trinajstić information content (AvgIpc) is 3.16. The predicted octanol–water partition coefficient (Wildman–Crippen LogP) is 4.01. The summed E-state index contributed by atoms with van der Waals surface area (Å²) in [5.74, 6) is -0.707. The Kier molecular flexibility index (Phi) is 3.84. The van der Waals surface area contributed by atoms with Crippen LogP contribution in [-0.4, -0.2) is 27.9 Å². The number of aromatic amines is 1. The van der Waals surface area contributed by atoms with Crippen LogP contribution in [0, 0.1) is 6.92 Å². The molecule has 0 radical (unpaired) electrons. The van der Waals surface area contributed by atoms with E-state index < -0.39 is 5.97 Å². The molecule has 130 valence electrons. The minimum absolute atomic E-state index is 0.214. The summed E-state index contributed by atoms with van der Waals surface area (Å²) in [7, 11) is 1.87. The molecular weight excluding hydrogens is 328 g/mol. The Labute approximate surface area is 150 Å². The molecule has 26 heavy (non-hydrogen) atoms. The predicted molar refractivity (Wildman–Crippen MR) is 101 cm³/mol. The molecule has 2 heterocycles. The summed E-state index contributed by atoms with van der Waals surface area (Å²) in [6.07, 6.45) is 1.73. The normalized spacial score (nSPS) is 11.2. The number of ketones is 1. The molecule has 0 spiro atoms. The van der Waals surface area contributed by atoms with Gasteiger partial charge in [0.25, 0.3) is 0 Å². The number of Topliss-reactive ketones (excluding diaryl/α,β-unsaturated/α-hetero) is 1. The van der Waals surface area contributed by atoms with Crippen LogP contribution in [0.3, 0.4) is 0 Å². The fourth-order valence-corrected chi connectivity index (χ4v) is 3.42. The number of nitrogens with zero attached hydrogens (tertiary/aromatic N) is 1. The van der Waals surface area contributed by atoms with Gasteiger partial charge in [0, 0.05) is 46.3 Å². The van der Waals surface area contributed by atoms with Gasteiger partial charge in [0.15, 0.2) is 6.61 Å². The number of H-pyrrole nitrogens is 1. The summed E-state index contributed by atoms with van der Waals surface area (Å²) in [4.78, 5) is 28.3. The molecule has 5 heteroatoms. The zero-order valence-corrected chi connectivity index (χ0v) is 14.6. The number of para-hydroxylation sites is 2. The highest BCUT2D eigenvalue weighted by Gasteiger charge is 2.20. The lowest BCUT2D eigenvalue weighted by molar-refractivity contribution is 0.0476. The van der Waals surface area contributed by atoms with E-state index in [1.54, 1.807) is 6.20 Å². The number of ether oxygens (including phenoxy) is 1. The molecular formula is C21H18N2O3.